The molecular weight excluding hydrogens is 262 g/mol. The molecular formula is C16H22F2O2. The molecule has 2 nitrogen and oxygen atoms in total. The smallest absolute Gasteiger partial charge is 0.134 e. The van der Waals surface area contributed by atoms with Crippen LogP contribution < -0.4 is 0 Å². The Hall–Kier alpha value is -1.00. The normalized spacial score (nSPS) is 20.4. The molecule has 1 aromatic rings. The summed E-state index contributed by atoms with van der Waals surface area (Å²) in [6, 6.07) is 2.59. The van der Waals surface area contributed by atoms with E-state index in [2.05, 4.69) is 0 Å². The highest BCUT2D eigenvalue weighted by atomic mass is 19.1. The predicted molar refractivity (Wildman–Crippen MR) is 73.5 cm³/mol. The molecule has 1 aliphatic carbocycles. The fourth-order valence-electron chi connectivity index (χ4n) is 3.11. The number of hydrogen-bond acceptors (Lipinski definition) is 2. The van der Waals surface area contributed by atoms with Gasteiger partial charge < -0.3 is 9.84 Å². The highest BCUT2D eigenvalue weighted by Gasteiger charge is 2.41. The minimum absolute atomic E-state index is 0.256. The maximum absolute atomic E-state index is 14.2. The number of benzene rings is 1. The van der Waals surface area contributed by atoms with Crippen LogP contribution >= 0.6 is 0 Å². The first-order valence-electron chi connectivity index (χ1n) is 7.19. The van der Waals surface area contributed by atoms with Gasteiger partial charge in [0.15, 0.2) is 0 Å². The zero-order valence-corrected chi connectivity index (χ0v) is 12.1. The van der Waals surface area contributed by atoms with Crippen molar-refractivity contribution in [3.05, 3.63) is 34.9 Å². The molecule has 0 heterocycles. The van der Waals surface area contributed by atoms with Crippen LogP contribution in [0, 0.1) is 18.6 Å². The van der Waals surface area contributed by atoms with Crippen LogP contribution in [0.1, 0.15) is 55.8 Å². The van der Waals surface area contributed by atoms with Crippen LogP contribution in [0.2, 0.25) is 0 Å². The zero-order chi connectivity index (χ0) is 14.8. The molecule has 1 unspecified atom stereocenters. The number of aryl methyl sites for hydroxylation is 1. The molecule has 4 heteroatoms. The Morgan fingerprint density at radius 2 is 1.75 bits per heavy atom. The van der Waals surface area contributed by atoms with Crippen molar-refractivity contribution in [1.29, 1.82) is 0 Å². The number of rotatable bonds is 3. The van der Waals surface area contributed by atoms with Gasteiger partial charge >= 0.3 is 0 Å². The van der Waals surface area contributed by atoms with E-state index in [4.69, 9.17) is 4.74 Å². The molecule has 1 fully saturated rings. The number of hydrogen-bond donors (Lipinski definition) is 1. The quantitative estimate of drug-likeness (QED) is 0.849. The second-order valence-corrected chi connectivity index (χ2v) is 5.68. The third-order valence-electron chi connectivity index (χ3n) is 4.45. The molecule has 0 saturated heterocycles. The van der Waals surface area contributed by atoms with Gasteiger partial charge in [-0.2, -0.15) is 0 Å². The Bertz CT molecular complexity index is 466. The monoisotopic (exact) mass is 284 g/mol. The molecule has 0 aromatic heterocycles. The minimum Gasteiger partial charge on any atom is -0.385 e. The van der Waals surface area contributed by atoms with E-state index in [9.17, 15) is 13.9 Å². The van der Waals surface area contributed by atoms with Gasteiger partial charge in [-0.25, -0.2) is 8.78 Å². The van der Waals surface area contributed by atoms with Crippen molar-refractivity contribution in [2.75, 3.05) is 7.11 Å². The third kappa shape index (κ3) is 2.72. The molecule has 1 aliphatic rings. The molecule has 1 saturated carbocycles. The Morgan fingerprint density at radius 3 is 2.30 bits per heavy atom. The van der Waals surface area contributed by atoms with Crippen molar-refractivity contribution < 1.29 is 18.6 Å². The Labute approximate surface area is 118 Å². The second-order valence-electron chi connectivity index (χ2n) is 5.68. The lowest BCUT2D eigenvalue weighted by Crippen LogP contribution is -2.39. The van der Waals surface area contributed by atoms with Crippen molar-refractivity contribution in [2.45, 2.75) is 57.2 Å². The Balaban J connectivity index is 2.42. The molecule has 112 valence electrons. The van der Waals surface area contributed by atoms with Gasteiger partial charge in [-0.15, -0.1) is 0 Å². The van der Waals surface area contributed by atoms with Crippen LogP contribution in [0.5, 0.6) is 0 Å². The van der Waals surface area contributed by atoms with E-state index in [0.29, 0.717) is 18.4 Å². The Kier molecular flexibility index (Phi) is 4.76. The molecule has 1 atom stereocenters. The largest absolute Gasteiger partial charge is 0.385 e. The SMILES string of the molecule is COC1(C(O)c2c(F)ccc(C)c2F)CCCCCC1. The van der Waals surface area contributed by atoms with Crippen molar-refractivity contribution in [3.8, 4) is 0 Å². The zero-order valence-electron chi connectivity index (χ0n) is 12.1. The molecule has 1 aromatic carbocycles. The predicted octanol–water partition coefficient (Wildman–Crippen LogP) is 4.05. The van der Waals surface area contributed by atoms with Crippen LogP contribution in [0.25, 0.3) is 0 Å². The molecule has 0 aliphatic heterocycles. The van der Waals surface area contributed by atoms with Crippen LogP contribution in [-0.2, 0) is 4.74 Å². The summed E-state index contributed by atoms with van der Waals surface area (Å²) in [5, 5.41) is 10.6. The molecule has 1 N–H and O–H groups in total. The van der Waals surface area contributed by atoms with Crippen LogP contribution in [0.3, 0.4) is 0 Å². The topological polar surface area (TPSA) is 29.5 Å². The summed E-state index contributed by atoms with van der Waals surface area (Å²) in [5.74, 6) is -1.38. The summed E-state index contributed by atoms with van der Waals surface area (Å²) in [5.41, 5.74) is -0.805. The Morgan fingerprint density at radius 1 is 1.15 bits per heavy atom. The van der Waals surface area contributed by atoms with Crippen LogP contribution in [0.4, 0.5) is 8.78 Å². The highest BCUT2D eigenvalue weighted by molar-refractivity contribution is 5.30. The first kappa shape index (κ1) is 15.4. The number of ether oxygens (including phenoxy) is 1. The van der Waals surface area contributed by atoms with E-state index in [-0.39, 0.29) is 5.56 Å². The van der Waals surface area contributed by atoms with Crippen LogP contribution in [-0.4, -0.2) is 17.8 Å². The van der Waals surface area contributed by atoms with Crippen LogP contribution in [0.15, 0.2) is 12.1 Å². The summed E-state index contributed by atoms with van der Waals surface area (Å²) in [7, 11) is 1.51. The lowest BCUT2D eigenvalue weighted by atomic mass is 9.83. The van der Waals surface area contributed by atoms with E-state index >= 15 is 0 Å². The lowest BCUT2D eigenvalue weighted by Gasteiger charge is -2.36. The third-order valence-corrected chi connectivity index (χ3v) is 4.45. The van der Waals surface area contributed by atoms with Crippen molar-refractivity contribution in [1.82, 2.24) is 0 Å². The molecule has 20 heavy (non-hydrogen) atoms. The van der Waals surface area contributed by atoms with Gasteiger partial charge in [0, 0.05) is 7.11 Å². The van der Waals surface area contributed by atoms with Gasteiger partial charge in [0.05, 0.1) is 11.2 Å². The van der Waals surface area contributed by atoms with Gasteiger partial charge in [0.25, 0.3) is 0 Å². The first-order chi connectivity index (χ1) is 9.52. The number of aliphatic hydroxyl groups excluding tert-OH is 1. The molecule has 0 radical (unpaired) electrons. The molecule has 0 amide bonds. The summed E-state index contributed by atoms with van der Waals surface area (Å²) < 4.78 is 33.7. The van der Waals surface area contributed by atoms with E-state index in [1.54, 1.807) is 6.92 Å². The lowest BCUT2D eigenvalue weighted by molar-refractivity contribution is -0.116. The van der Waals surface area contributed by atoms with Gasteiger partial charge in [-0.05, 0) is 31.4 Å². The molecule has 0 spiro atoms. The van der Waals surface area contributed by atoms with E-state index in [1.807, 2.05) is 0 Å². The van der Waals surface area contributed by atoms with E-state index < -0.39 is 23.3 Å². The standard InChI is InChI=1S/C16H22F2O2/c1-11-7-8-12(17)13(14(11)18)15(19)16(20-2)9-5-3-4-6-10-16/h7-8,15,19H,3-6,9-10H2,1-2H3. The van der Waals surface area contributed by atoms with Crippen molar-refractivity contribution in [3.63, 3.8) is 0 Å². The van der Waals surface area contributed by atoms with Crippen molar-refractivity contribution >= 4 is 0 Å². The van der Waals surface area contributed by atoms with Gasteiger partial charge in [0.1, 0.15) is 17.7 Å². The average Bonchev–Trinajstić information content (AvgIpc) is 2.69. The minimum atomic E-state index is -1.27. The highest BCUT2D eigenvalue weighted by Crippen LogP contribution is 2.41. The van der Waals surface area contributed by atoms with E-state index in [1.165, 1.54) is 19.2 Å². The number of halogens is 2. The average molecular weight is 284 g/mol. The number of methoxy groups -OCH3 is 1. The summed E-state index contributed by atoms with van der Waals surface area (Å²) in [6.45, 7) is 1.57. The fourth-order valence-corrected chi connectivity index (χ4v) is 3.11. The first-order valence-corrected chi connectivity index (χ1v) is 7.19. The van der Waals surface area contributed by atoms with E-state index in [0.717, 1.165) is 25.7 Å². The second kappa shape index (κ2) is 6.19. The van der Waals surface area contributed by atoms with Crippen molar-refractivity contribution in [2.24, 2.45) is 0 Å². The van der Waals surface area contributed by atoms with Gasteiger partial charge in [-0.1, -0.05) is 31.7 Å². The molecule has 2 rings (SSSR count). The summed E-state index contributed by atoms with van der Waals surface area (Å²) >= 11 is 0. The fraction of sp³-hybridized carbons (Fsp3) is 0.625. The van der Waals surface area contributed by atoms with Gasteiger partial charge in [-0.3, -0.25) is 0 Å². The summed E-state index contributed by atoms with van der Waals surface area (Å²) in [6.07, 6.45) is 3.91. The summed E-state index contributed by atoms with van der Waals surface area (Å²) in [4.78, 5) is 0. The van der Waals surface area contributed by atoms with Gasteiger partial charge in [0.2, 0.25) is 0 Å². The maximum atomic E-state index is 14.2. The maximum Gasteiger partial charge on any atom is 0.134 e. The molecule has 0 bridgehead atoms. The number of aliphatic hydroxyl groups is 1.